The smallest absolute Gasteiger partial charge is 0.328 e. The van der Waals surface area contributed by atoms with Gasteiger partial charge in [-0.1, -0.05) is 0 Å². The van der Waals surface area contributed by atoms with Crippen LogP contribution in [0.3, 0.4) is 0 Å². The summed E-state index contributed by atoms with van der Waals surface area (Å²) in [6.07, 6.45) is 2.83. The van der Waals surface area contributed by atoms with Crippen LogP contribution in [0, 0.1) is 0 Å². The number of likely N-dealkylation sites (N-methyl/N-ethyl adjacent to an activating group) is 1. The molecule has 0 radical (unpaired) electrons. The third-order valence-electron chi connectivity index (χ3n) is 1.13. The molecule has 0 aromatic rings. The highest BCUT2D eigenvalue weighted by atomic mass is 16.7. The topological polar surface area (TPSA) is 49.8 Å². The zero-order chi connectivity index (χ0) is 6.85. The third kappa shape index (κ3) is 1.02. The fourth-order valence-electron chi connectivity index (χ4n) is 0.630. The minimum atomic E-state index is -0.897. The molecular weight excluding hydrogens is 122 g/mol. The van der Waals surface area contributed by atoms with Crippen LogP contribution in [-0.4, -0.2) is 29.2 Å². The molecule has 0 aromatic heterocycles. The van der Waals surface area contributed by atoms with Crippen molar-refractivity contribution in [3.8, 4) is 0 Å². The van der Waals surface area contributed by atoms with Crippen molar-refractivity contribution in [2.45, 2.75) is 6.04 Å². The minimum absolute atomic E-state index is 0.620. The Morgan fingerprint density at radius 3 is 2.78 bits per heavy atom. The predicted octanol–water partition coefficient (Wildman–Crippen LogP) is -0.170. The highest BCUT2D eigenvalue weighted by Crippen LogP contribution is 2.06. The Hall–Kier alpha value is -1.03. The molecule has 1 N–H and O–H groups in total. The van der Waals surface area contributed by atoms with Crippen LogP contribution in [0.4, 0.5) is 0 Å². The SMILES string of the molecule is CN1OC=CC1C(=O)O. The van der Waals surface area contributed by atoms with Gasteiger partial charge in [0, 0.05) is 7.05 Å². The summed E-state index contributed by atoms with van der Waals surface area (Å²) in [7, 11) is 1.57. The van der Waals surface area contributed by atoms with E-state index >= 15 is 0 Å². The lowest BCUT2D eigenvalue weighted by Crippen LogP contribution is -2.31. The summed E-state index contributed by atoms with van der Waals surface area (Å²) in [4.78, 5) is 14.9. The molecule has 1 aliphatic heterocycles. The van der Waals surface area contributed by atoms with Crippen molar-refractivity contribution < 1.29 is 14.7 Å². The zero-order valence-electron chi connectivity index (χ0n) is 4.94. The van der Waals surface area contributed by atoms with E-state index in [9.17, 15) is 4.79 Å². The molecule has 0 saturated heterocycles. The van der Waals surface area contributed by atoms with Crippen molar-refractivity contribution in [1.29, 1.82) is 0 Å². The summed E-state index contributed by atoms with van der Waals surface area (Å²) in [5, 5.41) is 9.68. The second-order valence-electron chi connectivity index (χ2n) is 1.76. The van der Waals surface area contributed by atoms with E-state index in [0.717, 1.165) is 0 Å². The molecule has 0 saturated carbocycles. The van der Waals surface area contributed by atoms with Gasteiger partial charge in [-0.3, -0.25) is 4.79 Å². The Balaban J connectivity index is 2.59. The van der Waals surface area contributed by atoms with Crippen LogP contribution in [-0.2, 0) is 9.63 Å². The normalized spacial score (nSPS) is 26.1. The van der Waals surface area contributed by atoms with Gasteiger partial charge in [0.2, 0.25) is 0 Å². The Morgan fingerprint density at radius 2 is 2.56 bits per heavy atom. The Kier molecular flexibility index (Phi) is 1.40. The second-order valence-corrected chi connectivity index (χ2v) is 1.76. The molecule has 1 heterocycles. The first-order chi connectivity index (χ1) is 4.22. The number of hydrogen-bond acceptors (Lipinski definition) is 3. The van der Waals surface area contributed by atoms with Gasteiger partial charge in [0.15, 0.2) is 6.04 Å². The summed E-state index contributed by atoms with van der Waals surface area (Å²) in [6, 6.07) is -0.620. The number of rotatable bonds is 1. The van der Waals surface area contributed by atoms with E-state index in [4.69, 9.17) is 9.94 Å². The fraction of sp³-hybridized carbons (Fsp3) is 0.400. The molecule has 1 rings (SSSR count). The number of aliphatic carboxylic acids is 1. The van der Waals surface area contributed by atoms with Crippen molar-refractivity contribution in [3.63, 3.8) is 0 Å². The summed E-state index contributed by atoms with van der Waals surface area (Å²) in [5.74, 6) is -0.897. The van der Waals surface area contributed by atoms with E-state index < -0.39 is 12.0 Å². The largest absolute Gasteiger partial charge is 0.480 e. The van der Waals surface area contributed by atoms with Crippen molar-refractivity contribution in [2.24, 2.45) is 0 Å². The van der Waals surface area contributed by atoms with Crippen LogP contribution in [0.5, 0.6) is 0 Å². The molecule has 0 fully saturated rings. The lowest BCUT2D eigenvalue weighted by Gasteiger charge is -2.11. The highest BCUT2D eigenvalue weighted by molar-refractivity contribution is 5.75. The maximum Gasteiger partial charge on any atom is 0.328 e. The first-order valence-electron chi connectivity index (χ1n) is 2.51. The summed E-state index contributed by atoms with van der Waals surface area (Å²) in [6.45, 7) is 0. The van der Waals surface area contributed by atoms with E-state index in [-0.39, 0.29) is 0 Å². The predicted molar refractivity (Wildman–Crippen MR) is 29.4 cm³/mol. The molecule has 1 atom stereocenters. The number of carbonyl (C=O) groups is 1. The van der Waals surface area contributed by atoms with Crippen LogP contribution >= 0.6 is 0 Å². The van der Waals surface area contributed by atoms with Gasteiger partial charge in [0.25, 0.3) is 0 Å². The zero-order valence-corrected chi connectivity index (χ0v) is 4.94. The molecule has 1 aliphatic rings. The second kappa shape index (κ2) is 2.06. The Bertz CT molecular complexity index is 154. The maximum atomic E-state index is 10.2. The quantitative estimate of drug-likeness (QED) is 0.534. The van der Waals surface area contributed by atoms with Crippen LogP contribution in [0.2, 0.25) is 0 Å². The molecule has 0 aliphatic carbocycles. The molecule has 0 amide bonds. The number of carboxylic acid groups (broad SMARTS) is 1. The Morgan fingerprint density at radius 1 is 1.89 bits per heavy atom. The van der Waals surface area contributed by atoms with E-state index in [1.807, 2.05) is 0 Å². The van der Waals surface area contributed by atoms with Gasteiger partial charge in [0.05, 0.1) is 0 Å². The molecule has 0 aromatic carbocycles. The van der Waals surface area contributed by atoms with Gasteiger partial charge in [-0.25, -0.2) is 0 Å². The molecule has 0 bridgehead atoms. The van der Waals surface area contributed by atoms with Gasteiger partial charge in [0.1, 0.15) is 6.26 Å². The van der Waals surface area contributed by atoms with Crippen LogP contribution in [0.25, 0.3) is 0 Å². The maximum absolute atomic E-state index is 10.2. The summed E-state index contributed by atoms with van der Waals surface area (Å²) in [5.41, 5.74) is 0. The van der Waals surface area contributed by atoms with E-state index in [2.05, 4.69) is 0 Å². The third-order valence-corrected chi connectivity index (χ3v) is 1.13. The number of carboxylic acids is 1. The van der Waals surface area contributed by atoms with Crippen LogP contribution in [0.15, 0.2) is 12.3 Å². The number of hydrogen-bond donors (Lipinski definition) is 1. The molecule has 1 unspecified atom stereocenters. The van der Waals surface area contributed by atoms with Crippen molar-refractivity contribution in [1.82, 2.24) is 5.06 Å². The van der Waals surface area contributed by atoms with E-state index in [1.165, 1.54) is 17.4 Å². The van der Waals surface area contributed by atoms with E-state index in [0.29, 0.717) is 0 Å². The van der Waals surface area contributed by atoms with Gasteiger partial charge in [-0.2, -0.15) is 0 Å². The molecule has 4 heteroatoms. The lowest BCUT2D eigenvalue weighted by molar-refractivity contribution is -0.153. The number of nitrogens with zero attached hydrogens (tertiary/aromatic N) is 1. The van der Waals surface area contributed by atoms with Crippen LogP contribution in [0.1, 0.15) is 0 Å². The average molecular weight is 129 g/mol. The number of hydroxylamine groups is 2. The van der Waals surface area contributed by atoms with Crippen LogP contribution < -0.4 is 0 Å². The summed E-state index contributed by atoms with van der Waals surface area (Å²) >= 11 is 0. The van der Waals surface area contributed by atoms with Gasteiger partial charge in [-0.15, -0.1) is 5.06 Å². The van der Waals surface area contributed by atoms with Crippen molar-refractivity contribution >= 4 is 5.97 Å². The molecule has 0 spiro atoms. The minimum Gasteiger partial charge on any atom is -0.480 e. The van der Waals surface area contributed by atoms with Crippen molar-refractivity contribution in [2.75, 3.05) is 7.05 Å². The highest BCUT2D eigenvalue weighted by Gasteiger charge is 2.24. The average Bonchev–Trinajstić information content (AvgIpc) is 2.13. The van der Waals surface area contributed by atoms with Gasteiger partial charge in [-0.05, 0) is 6.08 Å². The molecule has 50 valence electrons. The standard InChI is InChI=1S/C5H7NO3/c1-6-4(5(7)8)2-3-9-6/h2-4H,1H3,(H,7,8). The van der Waals surface area contributed by atoms with Crippen molar-refractivity contribution in [3.05, 3.63) is 12.3 Å². The monoisotopic (exact) mass is 129 g/mol. The van der Waals surface area contributed by atoms with Gasteiger partial charge < -0.3 is 9.94 Å². The van der Waals surface area contributed by atoms with Gasteiger partial charge >= 0.3 is 5.97 Å². The Labute approximate surface area is 52.3 Å². The molecular formula is C5H7NO3. The first kappa shape index (κ1) is 6.10. The lowest BCUT2D eigenvalue weighted by atomic mass is 10.3. The molecule has 4 nitrogen and oxygen atoms in total. The fourth-order valence-corrected chi connectivity index (χ4v) is 0.630. The summed E-state index contributed by atoms with van der Waals surface area (Å²) < 4.78 is 0. The van der Waals surface area contributed by atoms with E-state index in [1.54, 1.807) is 7.05 Å². The molecule has 9 heavy (non-hydrogen) atoms. The first-order valence-corrected chi connectivity index (χ1v) is 2.51.